The van der Waals surface area contributed by atoms with Crippen molar-refractivity contribution in [3.63, 3.8) is 0 Å². The van der Waals surface area contributed by atoms with Crippen LogP contribution in [0.3, 0.4) is 0 Å². The van der Waals surface area contributed by atoms with Gasteiger partial charge in [0.05, 0.1) is 6.54 Å². The summed E-state index contributed by atoms with van der Waals surface area (Å²) in [7, 11) is 0. The van der Waals surface area contributed by atoms with Crippen molar-refractivity contribution in [3.8, 4) is 11.5 Å². The van der Waals surface area contributed by atoms with Crippen molar-refractivity contribution < 1.29 is 15.0 Å². The second-order valence-corrected chi connectivity index (χ2v) is 3.55. The van der Waals surface area contributed by atoms with Crippen molar-refractivity contribution in [3.05, 3.63) is 23.8 Å². The molecule has 0 saturated carbocycles. The third-order valence-electron chi connectivity index (χ3n) is 2.14. The summed E-state index contributed by atoms with van der Waals surface area (Å²) in [4.78, 5) is 10.8. The van der Waals surface area contributed by atoms with Gasteiger partial charge in [0.1, 0.15) is 17.3 Å². The molecule has 0 saturated heterocycles. The largest absolute Gasteiger partial charge is 0.508 e. The van der Waals surface area contributed by atoms with Gasteiger partial charge >= 0.3 is 0 Å². The molecule has 0 bridgehead atoms. The van der Waals surface area contributed by atoms with Gasteiger partial charge in [-0.1, -0.05) is 6.07 Å². The number of aromatic hydroxyl groups is 2. The molecule has 1 aromatic rings. The zero-order chi connectivity index (χ0) is 11.4. The minimum absolute atomic E-state index is 0.0232. The summed E-state index contributed by atoms with van der Waals surface area (Å²) < 4.78 is 0. The number of rotatable bonds is 4. The van der Waals surface area contributed by atoms with Crippen LogP contribution in [0.5, 0.6) is 11.5 Å². The summed E-state index contributed by atoms with van der Waals surface area (Å²) in [5.41, 5.74) is 0.661. The van der Waals surface area contributed by atoms with Crippen LogP contribution in [-0.4, -0.2) is 22.5 Å². The summed E-state index contributed by atoms with van der Waals surface area (Å²) in [6.45, 7) is 3.60. The fourth-order valence-corrected chi connectivity index (χ4v) is 1.31. The smallest absolute Gasteiger partial charge is 0.143 e. The van der Waals surface area contributed by atoms with Crippen LogP contribution in [0.25, 0.3) is 0 Å². The van der Waals surface area contributed by atoms with Crippen LogP contribution in [0.4, 0.5) is 0 Å². The first kappa shape index (κ1) is 11.5. The molecule has 0 aromatic heterocycles. The molecule has 3 N–H and O–H groups in total. The van der Waals surface area contributed by atoms with E-state index in [-0.39, 0.29) is 29.9 Å². The molecule has 0 aliphatic heterocycles. The van der Waals surface area contributed by atoms with Crippen LogP contribution >= 0.6 is 0 Å². The van der Waals surface area contributed by atoms with E-state index in [2.05, 4.69) is 5.32 Å². The van der Waals surface area contributed by atoms with Crippen LogP contribution in [0.2, 0.25) is 0 Å². The summed E-state index contributed by atoms with van der Waals surface area (Å²) in [5, 5.41) is 21.6. The lowest BCUT2D eigenvalue weighted by Gasteiger charge is -2.14. The van der Waals surface area contributed by atoms with E-state index in [9.17, 15) is 9.90 Å². The molecule has 0 spiro atoms. The Morgan fingerprint density at radius 3 is 2.67 bits per heavy atom. The fourth-order valence-electron chi connectivity index (χ4n) is 1.31. The molecule has 0 radical (unpaired) electrons. The second kappa shape index (κ2) is 4.79. The van der Waals surface area contributed by atoms with Gasteiger partial charge in [-0.2, -0.15) is 0 Å². The molecule has 4 nitrogen and oxygen atoms in total. The van der Waals surface area contributed by atoms with Gasteiger partial charge in [0.15, 0.2) is 0 Å². The Hall–Kier alpha value is -1.55. The maximum absolute atomic E-state index is 10.8. The predicted octanol–water partition coefficient (Wildman–Crippen LogP) is 1.34. The van der Waals surface area contributed by atoms with E-state index in [1.165, 1.54) is 19.1 Å². The average molecular weight is 209 g/mol. The SMILES string of the molecule is CC(=O)CN[C@H](C)c1ccc(O)cc1O. The van der Waals surface area contributed by atoms with E-state index in [0.29, 0.717) is 5.56 Å². The van der Waals surface area contributed by atoms with Crippen molar-refractivity contribution in [2.75, 3.05) is 6.54 Å². The maximum Gasteiger partial charge on any atom is 0.143 e. The Morgan fingerprint density at radius 2 is 2.13 bits per heavy atom. The molecule has 1 atom stereocenters. The number of carbonyl (C=O) groups excluding carboxylic acids is 1. The lowest BCUT2D eigenvalue weighted by molar-refractivity contribution is -0.116. The summed E-state index contributed by atoms with van der Waals surface area (Å²) in [6, 6.07) is 4.28. The van der Waals surface area contributed by atoms with Crippen molar-refractivity contribution in [1.82, 2.24) is 5.32 Å². The predicted molar refractivity (Wildman–Crippen MR) is 56.9 cm³/mol. The van der Waals surface area contributed by atoms with E-state index in [1.807, 2.05) is 6.92 Å². The second-order valence-electron chi connectivity index (χ2n) is 3.55. The number of phenolic OH excluding ortho intramolecular Hbond substituents is 2. The number of Topliss-reactive ketones (excluding diaryl/α,β-unsaturated/α-hetero) is 1. The van der Waals surface area contributed by atoms with Gasteiger partial charge in [0, 0.05) is 17.7 Å². The molecule has 0 heterocycles. The van der Waals surface area contributed by atoms with Crippen LogP contribution in [0.15, 0.2) is 18.2 Å². The Morgan fingerprint density at radius 1 is 1.47 bits per heavy atom. The first-order valence-corrected chi connectivity index (χ1v) is 4.75. The Bertz CT molecular complexity index is 363. The minimum atomic E-state index is -0.130. The molecule has 0 amide bonds. The van der Waals surface area contributed by atoms with Crippen molar-refractivity contribution in [2.24, 2.45) is 0 Å². The molecular formula is C11H15NO3. The molecule has 1 aromatic carbocycles. The lowest BCUT2D eigenvalue weighted by atomic mass is 10.1. The van der Waals surface area contributed by atoms with Gasteiger partial charge in [0.25, 0.3) is 0 Å². The number of hydrogen-bond acceptors (Lipinski definition) is 4. The molecule has 4 heteroatoms. The van der Waals surface area contributed by atoms with Crippen molar-refractivity contribution >= 4 is 5.78 Å². The molecule has 15 heavy (non-hydrogen) atoms. The summed E-state index contributed by atoms with van der Waals surface area (Å²) >= 11 is 0. The number of benzene rings is 1. The highest BCUT2D eigenvalue weighted by molar-refractivity contribution is 5.77. The highest BCUT2D eigenvalue weighted by Gasteiger charge is 2.10. The number of ketones is 1. The molecule has 0 aliphatic rings. The van der Waals surface area contributed by atoms with Gasteiger partial charge in [-0.3, -0.25) is 4.79 Å². The standard InChI is InChI=1S/C11H15NO3/c1-7(13)6-12-8(2)10-4-3-9(14)5-11(10)15/h3-5,8,12,14-15H,6H2,1-2H3/t8-/m1/s1. The van der Waals surface area contributed by atoms with E-state index >= 15 is 0 Å². The number of carbonyl (C=O) groups is 1. The van der Waals surface area contributed by atoms with Crippen LogP contribution in [0.1, 0.15) is 25.5 Å². The van der Waals surface area contributed by atoms with Gasteiger partial charge in [-0.25, -0.2) is 0 Å². The van der Waals surface area contributed by atoms with E-state index in [1.54, 1.807) is 6.07 Å². The van der Waals surface area contributed by atoms with Crippen LogP contribution in [0, 0.1) is 0 Å². The first-order valence-electron chi connectivity index (χ1n) is 4.75. The Balaban J connectivity index is 2.73. The van der Waals surface area contributed by atoms with E-state index in [4.69, 9.17) is 5.11 Å². The highest BCUT2D eigenvalue weighted by atomic mass is 16.3. The van der Waals surface area contributed by atoms with Crippen molar-refractivity contribution in [2.45, 2.75) is 19.9 Å². The van der Waals surface area contributed by atoms with Crippen molar-refractivity contribution in [1.29, 1.82) is 0 Å². The monoisotopic (exact) mass is 209 g/mol. The molecule has 0 aliphatic carbocycles. The molecule has 1 rings (SSSR count). The minimum Gasteiger partial charge on any atom is -0.508 e. The third kappa shape index (κ3) is 3.25. The van der Waals surface area contributed by atoms with Gasteiger partial charge in [-0.05, 0) is 19.9 Å². The topological polar surface area (TPSA) is 69.6 Å². The summed E-state index contributed by atoms with van der Waals surface area (Å²) in [6.07, 6.45) is 0. The van der Waals surface area contributed by atoms with E-state index in [0.717, 1.165) is 0 Å². The van der Waals surface area contributed by atoms with E-state index < -0.39 is 0 Å². The third-order valence-corrected chi connectivity index (χ3v) is 2.14. The Labute approximate surface area is 88.6 Å². The summed E-state index contributed by atoms with van der Waals surface area (Å²) in [5.74, 6) is 0.0914. The van der Waals surface area contributed by atoms with Gasteiger partial charge in [-0.15, -0.1) is 0 Å². The Kier molecular flexibility index (Phi) is 3.68. The van der Waals surface area contributed by atoms with Gasteiger partial charge in [0.2, 0.25) is 0 Å². The molecule has 82 valence electrons. The quantitative estimate of drug-likeness (QED) is 0.699. The van der Waals surface area contributed by atoms with Crippen LogP contribution in [-0.2, 0) is 4.79 Å². The van der Waals surface area contributed by atoms with Gasteiger partial charge < -0.3 is 15.5 Å². The molecule has 0 unspecified atom stereocenters. The zero-order valence-corrected chi connectivity index (χ0v) is 8.82. The van der Waals surface area contributed by atoms with Crippen LogP contribution < -0.4 is 5.32 Å². The zero-order valence-electron chi connectivity index (χ0n) is 8.82. The highest BCUT2D eigenvalue weighted by Crippen LogP contribution is 2.27. The fraction of sp³-hybridized carbons (Fsp3) is 0.364. The average Bonchev–Trinajstić information content (AvgIpc) is 2.14. The lowest BCUT2D eigenvalue weighted by Crippen LogP contribution is -2.24. The normalized spacial score (nSPS) is 12.4. The molecular weight excluding hydrogens is 194 g/mol. The number of nitrogens with one attached hydrogen (secondary N) is 1. The number of hydrogen-bond donors (Lipinski definition) is 3. The molecule has 0 fully saturated rings. The number of phenols is 2. The maximum atomic E-state index is 10.8. The first-order chi connectivity index (χ1) is 7.00.